The van der Waals surface area contributed by atoms with Crippen LogP contribution in [0.3, 0.4) is 0 Å². The van der Waals surface area contributed by atoms with Crippen LogP contribution in [-0.4, -0.2) is 34.2 Å². The summed E-state index contributed by atoms with van der Waals surface area (Å²) >= 11 is 0. The van der Waals surface area contributed by atoms with Gasteiger partial charge in [0.1, 0.15) is 17.1 Å². The van der Waals surface area contributed by atoms with Gasteiger partial charge in [-0.3, -0.25) is 19.4 Å². The third kappa shape index (κ3) is 5.40. The van der Waals surface area contributed by atoms with Gasteiger partial charge in [0, 0.05) is 41.7 Å². The summed E-state index contributed by atoms with van der Waals surface area (Å²) < 4.78 is 5.84. The quantitative estimate of drug-likeness (QED) is 0.394. The van der Waals surface area contributed by atoms with Crippen molar-refractivity contribution in [3.63, 3.8) is 0 Å². The van der Waals surface area contributed by atoms with E-state index in [0.717, 1.165) is 12.1 Å². The number of anilines is 2. The number of carbonyl (C=O) groups excluding carboxylic acids is 3. The lowest BCUT2D eigenvalue weighted by molar-refractivity contribution is -0.117. The van der Waals surface area contributed by atoms with E-state index in [9.17, 15) is 14.4 Å². The topological polar surface area (TPSA) is 117 Å². The smallest absolute Gasteiger partial charge is 0.274 e. The minimum Gasteiger partial charge on any atom is -0.441 e. The van der Waals surface area contributed by atoms with Gasteiger partial charge in [-0.15, -0.1) is 0 Å². The fourth-order valence-electron chi connectivity index (χ4n) is 4.12. The Morgan fingerprint density at radius 2 is 1.86 bits per heavy atom. The molecule has 9 nitrogen and oxygen atoms in total. The fourth-order valence-corrected chi connectivity index (χ4v) is 4.12. The molecule has 0 saturated carbocycles. The first-order valence-corrected chi connectivity index (χ1v) is 12.0. The summed E-state index contributed by atoms with van der Waals surface area (Å²) in [6, 6.07) is 19.3. The molecule has 1 fully saturated rings. The Morgan fingerprint density at radius 3 is 2.59 bits per heavy atom. The van der Waals surface area contributed by atoms with Crippen LogP contribution >= 0.6 is 0 Å². The minimum atomic E-state index is -0.315. The van der Waals surface area contributed by atoms with Crippen molar-refractivity contribution in [1.82, 2.24) is 15.3 Å². The third-order valence-electron chi connectivity index (χ3n) is 6.09. The Kier molecular flexibility index (Phi) is 6.76. The van der Waals surface area contributed by atoms with Crippen LogP contribution in [0, 0.1) is 6.92 Å². The lowest BCUT2D eigenvalue weighted by Crippen LogP contribution is -2.25. The van der Waals surface area contributed by atoms with E-state index in [1.807, 2.05) is 6.07 Å². The molecule has 0 radical (unpaired) electrons. The number of aromatic nitrogens is 2. The summed E-state index contributed by atoms with van der Waals surface area (Å²) in [6.45, 7) is 2.68. The van der Waals surface area contributed by atoms with Crippen molar-refractivity contribution in [1.29, 1.82) is 0 Å². The fraction of sp³-hybridized carbons (Fsp3) is 0.179. The zero-order valence-corrected chi connectivity index (χ0v) is 20.2. The molecule has 186 valence electrons. The van der Waals surface area contributed by atoms with Crippen LogP contribution < -0.4 is 15.5 Å². The highest BCUT2D eigenvalue weighted by Crippen LogP contribution is 2.25. The normalized spacial score (nSPS) is 13.0. The van der Waals surface area contributed by atoms with Crippen LogP contribution in [-0.2, 0) is 11.3 Å². The van der Waals surface area contributed by atoms with Gasteiger partial charge in [-0.05, 0) is 67.9 Å². The molecule has 1 saturated heterocycles. The van der Waals surface area contributed by atoms with Gasteiger partial charge in [0.25, 0.3) is 11.8 Å². The zero-order valence-electron chi connectivity index (χ0n) is 20.2. The van der Waals surface area contributed by atoms with Gasteiger partial charge in [-0.1, -0.05) is 12.1 Å². The summed E-state index contributed by atoms with van der Waals surface area (Å²) in [7, 11) is 0. The Labute approximate surface area is 213 Å². The molecule has 0 atom stereocenters. The number of oxazole rings is 1. The average Bonchev–Trinajstić information content (AvgIpc) is 3.53. The SMILES string of the molecule is Cc1oc(-c2cccc(NC(=O)c3ccccn3)c2)nc1CNC(=O)c1ccc(N2CCCC2=O)cc1. The number of pyridine rings is 1. The monoisotopic (exact) mass is 495 g/mol. The maximum atomic E-state index is 12.7. The van der Waals surface area contributed by atoms with E-state index in [1.54, 1.807) is 78.7 Å². The Morgan fingerprint density at radius 1 is 1.03 bits per heavy atom. The van der Waals surface area contributed by atoms with E-state index < -0.39 is 0 Å². The number of benzene rings is 2. The molecular formula is C28H25N5O4. The lowest BCUT2D eigenvalue weighted by Gasteiger charge is -2.15. The highest BCUT2D eigenvalue weighted by molar-refractivity contribution is 6.03. The molecule has 1 aliphatic rings. The van der Waals surface area contributed by atoms with Gasteiger partial charge < -0.3 is 20.0 Å². The number of rotatable bonds is 7. The van der Waals surface area contributed by atoms with E-state index in [-0.39, 0.29) is 24.3 Å². The van der Waals surface area contributed by atoms with Crippen molar-refractivity contribution in [2.24, 2.45) is 0 Å². The highest BCUT2D eigenvalue weighted by atomic mass is 16.4. The van der Waals surface area contributed by atoms with Crippen molar-refractivity contribution < 1.29 is 18.8 Å². The lowest BCUT2D eigenvalue weighted by atomic mass is 10.2. The van der Waals surface area contributed by atoms with Gasteiger partial charge >= 0.3 is 0 Å². The molecule has 2 aromatic carbocycles. The Balaban J connectivity index is 1.23. The Bertz CT molecular complexity index is 1450. The largest absolute Gasteiger partial charge is 0.441 e. The van der Waals surface area contributed by atoms with E-state index in [4.69, 9.17) is 4.42 Å². The molecule has 9 heteroatoms. The highest BCUT2D eigenvalue weighted by Gasteiger charge is 2.22. The first-order valence-electron chi connectivity index (χ1n) is 12.0. The van der Waals surface area contributed by atoms with Gasteiger partial charge in [-0.25, -0.2) is 4.98 Å². The molecule has 3 heterocycles. The third-order valence-corrected chi connectivity index (χ3v) is 6.09. The second kappa shape index (κ2) is 10.4. The van der Waals surface area contributed by atoms with Crippen molar-refractivity contribution in [3.8, 4) is 11.5 Å². The van der Waals surface area contributed by atoms with E-state index >= 15 is 0 Å². The molecule has 0 aliphatic carbocycles. The van der Waals surface area contributed by atoms with E-state index in [0.29, 0.717) is 52.8 Å². The maximum Gasteiger partial charge on any atom is 0.274 e. The van der Waals surface area contributed by atoms with Crippen LogP contribution in [0.4, 0.5) is 11.4 Å². The molecule has 2 N–H and O–H groups in total. The maximum absolute atomic E-state index is 12.7. The second-order valence-electron chi connectivity index (χ2n) is 8.65. The van der Waals surface area contributed by atoms with Gasteiger partial charge in [0.05, 0.1) is 6.54 Å². The molecule has 37 heavy (non-hydrogen) atoms. The number of carbonyl (C=O) groups is 3. The van der Waals surface area contributed by atoms with Crippen molar-refractivity contribution in [3.05, 3.63) is 95.6 Å². The zero-order chi connectivity index (χ0) is 25.8. The van der Waals surface area contributed by atoms with Crippen LogP contribution in [0.15, 0.2) is 77.3 Å². The first-order chi connectivity index (χ1) is 18.0. The number of hydrogen-bond acceptors (Lipinski definition) is 6. The van der Waals surface area contributed by atoms with Crippen LogP contribution in [0.5, 0.6) is 0 Å². The molecule has 2 aromatic heterocycles. The molecule has 1 aliphatic heterocycles. The summed E-state index contributed by atoms with van der Waals surface area (Å²) in [5, 5.41) is 5.69. The first kappa shape index (κ1) is 23.9. The number of nitrogens with one attached hydrogen (secondary N) is 2. The summed E-state index contributed by atoms with van der Waals surface area (Å²) in [5.74, 6) is 0.513. The van der Waals surface area contributed by atoms with Crippen molar-refractivity contribution in [2.45, 2.75) is 26.3 Å². The number of amides is 3. The average molecular weight is 496 g/mol. The molecule has 0 spiro atoms. The second-order valence-corrected chi connectivity index (χ2v) is 8.65. The summed E-state index contributed by atoms with van der Waals surface area (Å²) in [6.07, 6.45) is 2.97. The van der Waals surface area contributed by atoms with Crippen LogP contribution in [0.2, 0.25) is 0 Å². The Hall–Kier alpha value is -4.79. The number of aryl methyl sites for hydroxylation is 1. The standard InChI is InChI=1S/C28H25N5O4/c1-18-24(17-30-26(35)19-10-12-22(13-11-19)33-15-5-9-25(33)34)32-28(37-18)20-6-4-7-21(16-20)31-27(36)23-8-2-3-14-29-23/h2-4,6-8,10-14,16H,5,9,15,17H2,1H3,(H,30,35)(H,31,36). The van der Waals surface area contributed by atoms with Crippen LogP contribution in [0.25, 0.3) is 11.5 Å². The minimum absolute atomic E-state index is 0.107. The number of nitrogens with zero attached hydrogens (tertiary/aromatic N) is 3. The molecular weight excluding hydrogens is 470 g/mol. The van der Waals surface area contributed by atoms with Crippen LogP contribution in [0.1, 0.15) is 45.1 Å². The van der Waals surface area contributed by atoms with Gasteiger partial charge in [-0.2, -0.15) is 0 Å². The molecule has 0 bridgehead atoms. The van der Waals surface area contributed by atoms with Crippen molar-refractivity contribution in [2.75, 3.05) is 16.8 Å². The molecule has 4 aromatic rings. The predicted octanol–water partition coefficient (Wildman–Crippen LogP) is 4.35. The van der Waals surface area contributed by atoms with Gasteiger partial charge in [0.15, 0.2) is 0 Å². The molecule has 0 unspecified atom stereocenters. The predicted molar refractivity (Wildman–Crippen MR) is 138 cm³/mol. The summed E-state index contributed by atoms with van der Waals surface area (Å²) in [5.41, 5.74) is 3.48. The number of hydrogen-bond donors (Lipinski definition) is 2. The van der Waals surface area contributed by atoms with Gasteiger partial charge in [0.2, 0.25) is 11.8 Å². The van der Waals surface area contributed by atoms with Crippen molar-refractivity contribution >= 4 is 29.1 Å². The summed E-state index contributed by atoms with van der Waals surface area (Å²) in [4.78, 5) is 47.4. The van der Waals surface area contributed by atoms with E-state index in [2.05, 4.69) is 20.6 Å². The van der Waals surface area contributed by atoms with E-state index in [1.165, 1.54) is 0 Å². The molecule has 5 rings (SSSR count). The molecule has 3 amide bonds.